The molecule has 5 heteroatoms. The molecule has 146 valence electrons. The van der Waals surface area contributed by atoms with Gasteiger partial charge in [-0.2, -0.15) is 0 Å². The van der Waals surface area contributed by atoms with Crippen LogP contribution in [0.25, 0.3) is 11.3 Å². The Bertz CT molecular complexity index is 678. The van der Waals surface area contributed by atoms with Crippen molar-refractivity contribution < 1.29 is 9.21 Å². The van der Waals surface area contributed by atoms with Crippen LogP contribution in [0, 0.1) is 0 Å². The maximum Gasteiger partial charge on any atom is 0.220 e. The van der Waals surface area contributed by atoms with E-state index in [1.807, 2.05) is 30.3 Å². The number of rotatable bonds is 10. The van der Waals surface area contributed by atoms with Crippen LogP contribution in [0.2, 0.25) is 0 Å². The number of carbonyl (C=O) groups is 1. The largest absolute Gasteiger partial charge is 0.441 e. The Hall–Kier alpha value is -2.14. The summed E-state index contributed by atoms with van der Waals surface area (Å²) < 4.78 is 5.74. The molecule has 1 saturated heterocycles. The molecule has 0 bridgehead atoms. The van der Waals surface area contributed by atoms with Crippen molar-refractivity contribution in [2.45, 2.75) is 51.4 Å². The minimum Gasteiger partial charge on any atom is -0.441 e. The second kappa shape index (κ2) is 10.9. The molecule has 0 unspecified atom stereocenters. The maximum absolute atomic E-state index is 12.0. The quantitative estimate of drug-likeness (QED) is 0.642. The van der Waals surface area contributed by atoms with Gasteiger partial charge in [0.2, 0.25) is 5.91 Å². The first-order valence-electron chi connectivity index (χ1n) is 10.3. The van der Waals surface area contributed by atoms with E-state index < -0.39 is 0 Å². The van der Waals surface area contributed by atoms with E-state index in [1.165, 1.54) is 51.7 Å². The van der Waals surface area contributed by atoms with Crippen LogP contribution in [-0.2, 0) is 11.2 Å². The van der Waals surface area contributed by atoms with Crippen LogP contribution in [0.3, 0.4) is 0 Å². The van der Waals surface area contributed by atoms with E-state index in [1.54, 1.807) is 6.20 Å². The van der Waals surface area contributed by atoms with Crippen LogP contribution in [0.1, 0.15) is 50.8 Å². The highest BCUT2D eigenvalue weighted by Gasteiger charge is 2.10. The van der Waals surface area contributed by atoms with E-state index in [0.717, 1.165) is 24.3 Å². The first kappa shape index (κ1) is 19.6. The molecule has 1 aliphatic rings. The number of nitrogens with zero attached hydrogens (tertiary/aromatic N) is 2. The lowest BCUT2D eigenvalue weighted by molar-refractivity contribution is -0.121. The lowest BCUT2D eigenvalue weighted by atomic mass is 10.1. The molecule has 2 aromatic rings. The molecule has 0 saturated carbocycles. The van der Waals surface area contributed by atoms with Gasteiger partial charge in [-0.15, -0.1) is 0 Å². The Morgan fingerprint density at radius 3 is 2.70 bits per heavy atom. The molecule has 1 N–H and O–H groups in total. The number of likely N-dealkylation sites (tertiary alicyclic amines) is 1. The number of oxazole rings is 1. The summed E-state index contributed by atoms with van der Waals surface area (Å²) in [7, 11) is 0. The summed E-state index contributed by atoms with van der Waals surface area (Å²) in [6, 6.07) is 9.89. The number of amides is 1. The van der Waals surface area contributed by atoms with Crippen LogP contribution in [0.15, 0.2) is 40.9 Å². The normalized spacial score (nSPS) is 15.0. The Balaban J connectivity index is 1.25. The summed E-state index contributed by atoms with van der Waals surface area (Å²) in [5.41, 5.74) is 1.00. The topological polar surface area (TPSA) is 58.4 Å². The van der Waals surface area contributed by atoms with Gasteiger partial charge in [-0.25, -0.2) is 4.98 Å². The first-order valence-corrected chi connectivity index (χ1v) is 10.3. The van der Waals surface area contributed by atoms with Crippen molar-refractivity contribution in [2.75, 3.05) is 26.2 Å². The average Bonchev–Trinajstić information content (AvgIpc) is 3.20. The van der Waals surface area contributed by atoms with Crippen molar-refractivity contribution in [3.63, 3.8) is 0 Å². The SMILES string of the molecule is O=C(CCc1ncc(-c2ccccc2)o1)NCCCCCN1CCCCC1. The zero-order chi connectivity index (χ0) is 18.7. The van der Waals surface area contributed by atoms with Crippen LogP contribution < -0.4 is 5.32 Å². The van der Waals surface area contributed by atoms with E-state index in [4.69, 9.17) is 4.42 Å². The van der Waals surface area contributed by atoms with Gasteiger partial charge >= 0.3 is 0 Å². The molecule has 3 rings (SSSR count). The Morgan fingerprint density at radius 1 is 1.07 bits per heavy atom. The minimum absolute atomic E-state index is 0.0745. The lowest BCUT2D eigenvalue weighted by Gasteiger charge is -2.26. The number of benzene rings is 1. The maximum atomic E-state index is 12.0. The fraction of sp³-hybridized carbons (Fsp3) is 0.545. The number of carbonyl (C=O) groups excluding carboxylic acids is 1. The third-order valence-electron chi connectivity index (χ3n) is 5.10. The van der Waals surface area contributed by atoms with Gasteiger partial charge in [0, 0.05) is 24.9 Å². The summed E-state index contributed by atoms with van der Waals surface area (Å²) in [5, 5.41) is 3.01. The summed E-state index contributed by atoms with van der Waals surface area (Å²) in [6.07, 6.45) is 10.2. The van der Waals surface area contributed by atoms with Crippen molar-refractivity contribution >= 4 is 5.91 Å². The van der Waals surface area contributed by atoms with Crippen LogP contribution in [0.4, 0.5) is 0 Å². The van der Waals surface area contributed by atoms with Crippen molar-refractivity contribution in [1.82, 2.24) is 15.2 Å². The van der Waals surface area contributed by atoms with Gasteiger partial charge in [0.1, 0.15) is 0 Å². The van der Waals surface area contributed by atoms with Crippen molar-refractivity contribution in [3.05, 3.63) is 42.4 Å². The number of aromatic nitrogens is 1. The van der Waals surface area contributed by atoms with Gasteiger partial charge in [-0.3, -0.25) is 4.79 Å². The number of piperidine rings is 1. The molecular weight excluding hydrogens is 338 g/mol. The van der Waals surface area contributed by atoms with E-state index in [0.29, 0.717) is 18.7 Å². The number of unbranched alkanes of at least 4 members (excludes halogenated alkanes) is 2. The van der Waals surface area contributed by atoms with Crippen molar-refractivity contribution in [2.24, 2.45) is 0 Å². The zero-order valence-corrected chi connectivity index (χ0v) is 16.2. The molecule has 1 aromatic carbocycles. The zero-order valence-electron chi connectivity index (χ0n) is 16.2. The molecular formula is C22H31N3O2. The predicted molar refractivity (Wildman–Crippen MR) is 107 cm³/mol. The molecule has 2 heterocycles. The Morgan fingerprint density at radius 2 is 1.89 bits per heavy atom. The van der Waals surface area contributed by atoms with E-state index in [-0.39, 0.29) is 5.91 Å². The van der Waals surface area contributed by atoms with Gasteiger partial charge in [-0.1, -0.05) is 43.2 Å². The molecule has 1 aliphatic heterocycles. The van der Waals surface area contributed by atoms with Gasteiger partial charge < -0.3 is 14.6 Å². The van der Waals surface area contributed by atoms with Crippen LogP contribution in [0.5, 0.6) is 0 Å². The number of aryl methyl sites for hydroxylation is 1. The van der Waals surface area contributed by atoms with Gasteiger partial charge in [-0.05, 0) is 45.3 Å². The lowest BCUT2D eigenvalue weighted by Crippen LogP contribution is -2.30. The first-order chi connectivity index (χ1) is 13.3. The second-order valence-electron chi connectivity index (χ2n) is 7.30. The number of nitrogens with one attached hydrogen (secondary N) is 1. The summed E-state index contributed by atoms with van der Waals surface area (Å²) in [5.74, 6) is 1.44. The minimum atomic E-state index is 0.0745. The third kappa shape index (κ3) is 6.83. The van der Waals surface area contributed by atoms with Gasteiger partial charge in [0.15, 0.2) is 11.7 Å². The van der Waals surface area contributed by atoms with E-state index >= 15 is 0 Å². The average molecular weight is 370 g/mol. The predicted octanol–water partition coefficient (Wildman–Crippen LogP) is 4.05. The highest BCUT2D eigenvalue weighted by molar-refractivity contribution is 5.75. The van der Waals surface area contributed by atoms with Gasteiger partial charge in [0.25, 0.3) is 0 Å². The monoisotopic (exact) mass is 369 g/mol. The molecule has 1 aromatic heterocycles. The Labute approximate surface area is 162 Å². The smallest absolute Gasteiger partial charge is 0.220 e. The number of hydrogen-bond donors (Lipinski definition) is 1. The molecule has 5 nitrogen and oxygen atoms in total. The summed E-state index contributed by atoms with van der Waals surface area (Å²) in [4.78, 5) is 18.8. The fourth-order valence-electron chi connectivity index (χ4n) is 3.52. The second-order valence-corrected chi connectivity index (χ2v) is 7.30. The van der Waals surface area contributed by atoms with E-state index in [9.17, 15) is 4.79 Å². The fourth-order valence-corrected chi connectivity index (χ4v) is 3.52. The highest BCUT2D eigenvalue weighted by atomic mass is 16.4. The molecule has 0 radical (unpaired) electrons. The molecule has 0 atom stereocenters. The van der Waals surface area contributed by atoms with Crippen LogP contribution in [-0.4, -0.2) is 42.0 Å². The number of hydrogen-bond acceptors (Lipinski definition) is 4. The van der Waals surface area contributed by atoms with Crippen molar-refractivity contribution in [3.8, 4) is 11.3 Å². The highest BCUT2D eigenvalue weighted by Crippen LogP contribution is 2.20. The van der Waals surface area contributed by atoms with Crippen LogP contribution >= 0.6 is 0 Å². The molecule has 0 spiro atoms. The van der Waals surface area contributed by atoms with Crippen molar-refractivity contribution in [1.29, 1.82) is 0 Å². The standard InChI is InChI=1S/C22H31N3O2/c26-21(23-14-6-2-7-15-25-16-8-3-9-17-25)12-13-22-24-18-20(27-22)19-10-4-1-5-11-19/h1,4-5,10-11,18H,2-3,6-9,12-17H2,(H,23,26). The summed E-state index contributed by atoms with van der Waals surface area (Å²) in [6.45, 7) is 4.51. The van der Waals surface area contributed by atoms with E-state index in [2.05, 4.69) is 15.2 Å². The summed E-state index contributed by atoms with van der Waals surface area (Å²) >= 11 is 0. The Kier molecular flexibility index (Phi) is 7.90. The van der Waals surface area contributed by atoms with Gasteiger partial charge in [0.05, 0.1) is 6.20 Å². The molecule has 0 aliphatic carbocycles. The molecule has 1 amide bonds. The third-order valence-corrected chi connectivity index (χ3v) is 5.10. The molecule has 27 heavy (non-hydrogen) atoms. The molecule has 1 fully saturated rings.